The van der Waals surface area contributed by atoms with Crippen molar-refractivity contribution >= 4 is 5.91 Å². The number of rotatable bonds is 5. The average Bonchev–Trinajstić information content (AvgIpc) is 2.83. The smallest absolute Gasteiger partial charge is 0.268 e. The molecule has 0 unspecified atom stereocenters. The molecule has 2 aromatic rings. The summed E-state index contributed by atoms with van der Waals surface area (Å²) >= 11 is 0. The molecule has 0 aromatic carbocycles. The van der Waals surface area contributed by atoms with Gasteiger partial charge in [-0.25, -0.2) is 4.98 Å². The van der Waals surface area contributed by atoms with Crippen LogP contribution in [0.2, 0.25) is 0 Å². The third-order valence-electron chi connectivity index (χ3n) is 4.19. The van der Waals surface area contributed by atoms with Crippen LogP contribution in [-0.4, -0.2) is 56.9 Å². The first-order valence-electron chi connectivity index (χ1n) is 7.99. The van der Waals surface area contributed by atoms with Gasteiger partial charge < -0.3 is 10.5 Å². The van der Waals surface area contributed by atoms with Gasteiger partial charge in [-0.15, -0.1) is 0 Å². The maximum absolute atomic E-state index is 11.1. The molecule has 1 atom stereocenters. The third-order valence-corrected chi connectivity index (χ3v) is 4.19. The van der Waals surface area contributed by atoms with Crippen molar-refractivity contribution in [2.24, 2.45) is 18.7 Å². The van der Waals surface area contributed by atoms with E-state index in [0.29, 0.717) is 12.5 Å². The van der Waals surface area contributed by atoms with Crippen molar-refractivity contribution in [1.82, 2.24) is 24.6 Å². The Bertz CT molecular complexity index is 684. The zero-order chi connectivity index (χ0) is 16.9. The average molecular weight is 330 g/mol. The van der Waals surface area contributed by atoms with E-state index >= 15 is 0 Å². The van der Waals surface area contributed by atoms with Gasteiger partial charge >= 0.3 is 0 Å². The topological polar surface area (TPSA) is 99.2 Å². The second-order valence-corrected chi connectivity index (χ2v) is 6.08. The molecular formula is C16H22N6O2. The standard InChI is InChI=1S/C16H22N6O2/c1-21-14(2-3-20-21)10-22-4-5-24-11-12(9-22)6-13-7-19-15(8-18-13)16(17)23/h2-3,7-8,12H,4-6,9-11H2,1H3,(H2,17,23)/t12-/m1/s1. The molecule has 1 saturated heterocycles. The van der Waals surface area contributed by atoms with Crippen LogP contribution in [0.5, 0.6) is 0 Å². The number of amides is 1. The highest BCUT2D eigenvalue weighted by atomic mass is 16.5. The molecular weight excluding hydrogens is 308 g/mol. The zero-order valence-electron chi connectivity index (χ0n) is 13.8. The second kappa shape index (κ2) is 7.50. The van der Waals surface area contributed by atoms with E-state index in [1.807, 2.05) is 24.0 Å². The van der Waals surface area contributed by atoms with E-state index in [1.54, 1.807) is 6.20 Å². The van der Waals surface area contributed by atoms with E-state index in [0.717, 1.165) is 38.4 Å². The first-order valence-corrected chi connectivity index (χ1v) is 7.99. The van der Waals surface area contributed by atoms with Gasteiger partial charge in [-0.1, -0.05) is 0 Å². The fourth-order valence-electron chi connectivity index (χ4n) is 2.89. The first kappa shape index (κ1) is 16.5. The molecule has 3 heterocycles. The van der Waals surface area contributed by atoms with Crippen molar-refractivity contribution in [2.45, 2.75) is 13.0 Å². The van der Waals surface area contributed by atoms with Crippen LogP contribution in [0.25, 0.3) is 0 Å². The molecule has 1 fully saturated rings. The van der Waals surface area contributed by atoms with Gasteiger partial charge in [0.25, 0.3) is 5.91 Å². The van der Waals surface area contributed by atoms with E-state index in [1.165, 1.54) is 11.9 Å². The summed E-state index contributed by atoms with van der Waals surface area (Å²) < 4.78 is 7.63. The van der Waals surface area contributed by atoms with E-state index in [-0.39, 0.29) is 5.69 Å². The van der Waals surface area contributed by atoms with Gasteiger partial charge in [-0.05, 0) is 12.5 Å². The maximum atomic E-state index is 11.1. The summed E-state index contributed by atoms with van der Waals surface area (Å²) in [7, 11) is 1.96. The highest BCUT2D eigenvalue weighted by Crippen LogP contribution is 2.14. The Hall–Kier alpha value is -2.32. The molecule has 2 aromatic heterocycles. The Labute approximate surface area is 140 Å². The fraction of sp³-hybridized carbons (Fsp3) is 0.500. The molecule has 1 aliphatic heterocycles. The van der Waals surface area contributed by atoms with Gasteiger partial charge in [0.05, 0.1) is 30.8 Å². The molecule has 0 radical (unpaired) electrons. The summed E-state index contributed by atoms with van der Waals surface area (Å²) in [6.07, 6.45) is 5.63. The predicted molar refractivity (Wildman–Crippen MR) is 87.0 cm³/mol. The highest BCUT2D eigenvalue weighted by Gasteiger charge is 2.20. The molecule has 2 N–H and O–H groups in total. The zero-order valence-corrected chi connectivity index (χ0v) is 13.8. The summed E-state index contributed by atoms with van der Waals surface area (Å²) in [6.45, 7) is 4.09. The highest BCUT2D eigenvalue weighted by molar-refractivity contribution is 5.90. The van der Waals surface area contributed by atoms with Crippen LogP contribution in [0, 0.1) is 5.92 Å². The Morgan fingerprint density at radius 2 is 2.29 bits per heavy atom. The van der Waals surface area contributed by atoms with Gasteiger partial charge in [-0.3, -0.25) is 19.4 Å². The SMILES string of the molecule is Cn1nccc1CN1CCOC[C@H](Cc2cnc(C(N)=O)cn2)C1. The summed E-state index contributed by atoms with van der Waals surface area (Å²) in [4.78, 5) is 21.8. The minimum atomic E-state index is -0.561. The van der Waals surface area contributed by atoms with E-state index in [9.17, 15) is 4.79 Å². The van der Waals surface area contributed by atoms with Crippen LogP contribution in [0.3, 0.4) is 0 Å². The molecule has 1 aliphatic rings. The summed E-state index contributed by atoms with van der Waals surface area (Å²) in [6, 6.07) is 2.04. The predicted octanol–water partition coefficient (Wildman–Crippen LogP) is 0.000100. The van der Waals surface area contributed by atoms with E-state index < -0.39 is 5.91 Å². The normalized spacial score (nSPS) is 19.1. The Kier molecular flexibility index (Phi) is 5.17. The Morgan fingerprint density at radius 1 is 1.42 bits per heavy atom. The fourth-order valence-corrected chi connectivity index (χ4v) is 2.89. The number of nitrogens with zero attached hydrogens (tertiary/aromatic N) is 5. The van der Waals surface area contributed by atoms with Crippen LogP contribution in [0.4, 0.5) is 0 Å². The maximum Gasteiger partial charge on any atom is 0.268 e. The lowest BCUT2D eigenvalue weighted by atomic mass is 10.0. The number of aromatic nitrogens is 4. The van der Waals surface area contributed by atoms with Gasteiger partial charge in [0.1, 0.15) is 5.69 Å². The molecule has 24 heavy (non-hydrogen) atoms. The number of ether oxygens (including phenoxy) is 1. The molecule has 0 spiro atoms. The monoisotopic (exact) mass is 330 g/mol. The van der Waals surface area contributed by atoms with Crippen molar-refractivity contribution in [2.75, 3.05) is 26.3 Å². The molecule has 1 amide bonds. The lowest BCUT2D eigenvalue weighted by molar-refractivity contribution is 0.0995. The van der Waals surface area contributed by atoms with Crippen molar-refractivity contribution in [3.05, 3.63) is 41.7 Å². The molecule has 0 bridgehead atoms. The minimum Gasteiger partial charge on any atom is -0.380 e. The van der Waals surface area contributed by atoms with E-state index in [4.69, 9.17) is 10.5 Å². The quantitative estimate of drug-likeness (QED) is 0.828. The van der Waals surface area contributed by atoms with Gasteiger partial charge in [0, 0.05) is 45.0 Å². The molecule has 0 saturated carbocycles. The number of primary amides is 1. The van der Waals surface area contributed by atoms with E-state index in [2.05, 4.69) is 20.0 Å². The minimum absolute atomic E-state index is 0.189. The van der Waals surface area contributed by atoms with Gasteiger partial charge in [-0.2, -0.15) is 5.10 Å². The Morgan fingerprint density at radius 3 is 2.96 bits per heavy atom. The number of hydrogen-bond acceptors (Lipinski definition) is 6. The lowest BCUT2D eigenvalue weighted by Crippen LogP contribution is -2.31. The number of nitrogens with two attached hydrogens (primary N) is 1. The van der Waals surface area contributed by atoms with Crippen LogP contribution >= 0.6 is 0 Å². The number of carbonyl (C=O) groups excluding carboxylic acids is 1. The van der Waals surface area contributed by atoms with Crippen molar-refractivity contribution < 1.29 is 9.53 Å². The lowest BCUT2D eigenvalue weighted by Gasteiger charge is -2.23. The Balaban J connectivity index is 1.62. The van der Waals surface area contributed by atoms with Gasteiger partial charge in [0.2, 0.25) is 0 Å². The summed E-state index contributed by atoms with van der Waals surface area (Å²) in [5, 5.41) is 4.22. The van der Waals surface area contributed by atoms with Crippen molar-refractivity contribution in [3.63, 3.8) is 0 Å². The van der Waals surface area contributed by atoms with Crippen LogP contribution < -0.4 is 5.73 Å². The molecule has 8 nitrogen and oxygen atoms in total. The van der Waals surface area contributed by atoms with Crippen LogP contribution in [-0.2, 0) is 24.8 Å². The molecule has 128 valence electrons. The largest absolute Gasteiger partial charge is 0.380 e. The van der Waals surface area contributed by atoms with Crippen LogP contribution in [0.1, 0.15) is 21.9 Å². The summed E-state index contributed by atoms with van der Waals surface area (Å²) in [5.74, 6) is -0.233. The van der Waals surface area contributed by atoms with Crippen LogP contribution in [0.15, 0.2) is 24.7 Å². The molecule has 3 rings (SSSR count). The number of aryl methyl sites for hydroxylation is 1. The van der Waals surface area contributed by atoms with Crippen molar-refractivity contribution in [1.29, 1.82) is 0 Å². The first-order chi connectivity index (χ1) is 11.6. The number of hydrogen-bond donors (Lipinski definition) is 1. The second-order valence-electron chi connectivity index (χ2n) is 6.08. The third kappa shape index (κ3) is 4.15. The molecule has 0 aliphatic carbocycles. The number of carbonyl (C=O) groups is 1. The van der Waals surface area contributed by atoms with Crippen molar-refractivity contribution in [3.8, 4) is 0 Å². The van der Waals surface area contributed by atoms with Gasteiger partial charge in [0.15, 0.2) is 0 Å². The molecule has 8 heteroatoms. The summed E-state index contributed by atoms with van der Waals surface area (Å²) in [5.41, 5.74) is 7.40.